The molecule has 0 aromatic heterocycles. The van der Waals surface area contributed by atoms with Crippen molar-refractivity contribution < 1.29 is 24.2 Å². The van der Waals surface area contributed by atoms with Crippen LogP contribution in [0.4, 0.5) is 0 Å². The highest BCUT2D eigenvalue weighted by Gasteiger charge is 2.14. The number of rotatable bonds is 8. The molecule has 5 nitrogen and oxygen atoms in total. The molecule has 2 aromatic carbocycles. The Balaban J connectivity index is 1.94. The molecular formula is C18H18O5. The maximum atomic E-state index is 12.1. The van der Waals surface area contributed by atoms with Gasteiger partial charge in [-0.2, -0.15) is 0 Å². The smallest absolute Gasteiger partial charge is 0.341 e. The highest BCUT2D eigenvalue weighted by Crippen LogP contribution is 2.25. The van der Waals surface area contributed by atoms with Gasteiger partial charge in [0, 0.05) is 6.42 Å². The molecule has 0 amide bonds. The Morgan fingerprint density at radius 1 is 0.913 bits per heavy atom. The number of para-hydroxylation sites is 2. The average Bonchev–Trinajstić information content (AvgIpc) is 2.55. The summed E-state index contributed by atoms with van der Waals surface area (Å²) >= 11 is 0. The van der Waals surface area contributed by atoms with Crippen LogP contribution in [0.2, 0.25) is 0 Å². The molecule has 0 fully saturated rings. The second-order valence-corrected chi connectivity index (χ2v) is 4.90. The summed E-state index contributed by atoms with van der Waals surface area (Å²) in [6.45, 7) is 0.186. The van der Waals surface area contributed by atoms with Gasteiger partial charge in [-0.15, -0.1) is 0 Å². The number of hydrogen-bond donors (Lipinski definition) is 1. The van der Waals surface area contributed by atoms with Crippen LogP contribution in [0.1, 0.15) is 29.6 Å². The summed E-state index contributed by atoms with van der Waals surface area (Å²) in [5.41, 5.74) is 0.342. The van der Waals surface area contributed by atoms with E-state index >= 15 is 0 Å². The second-order valence-electron chi connectivity index (χ2n) is 4.90. The molecule has 23 heavy (non-hydrogen) atoms. The van der Waals surface area contributed by atoms with Gasteiger partial charge in [-0.1, -0.05) is 30.3 Å². The van der Waals surface area contributed by atoms with Gasteiger partial charge in [0.05, 0.1) is 6.61 Å². The SMILES string of the molecule is O=C(O)CCCCOC(=O)c1ccccc1Oc1ccccc1. The number of hydrogen-bond acceptors (Lipinski definition) is 4. The third kappa shape index (κ3) is 5.47. The van der Waals surface area contributed by atoms with Crippen molar-refractivity contribution in [1.29, 1.82) is 0 Å². The van der Waals surface area contributed by atoms with Gasteiger partial charge in [0.1, 0.15) is 17.1 Å². The molecule has 2 rings (SSSR count). The maximum absolute atomic E-state index is 12.1. The van der Waals surface area contributed by atoms with Crippen LogP contribution in [0, 0.1) is 0 Å². The molecule has 5 heteroatoms. The maximum Gasteiger partial charge on any atom is 0.341 e. The topological polar surface area (TPSA) is 72.8 Å². The number of ether oxygens (including phenoxy) is 2. The van der Waals surface area contributed by atoms with Crippen molar-refractivity contribution in [2.24, 2.45) is 0 Å². The zero-order valence-electron chi connectivity index (χ0n) is 12.6. The molecule has 0 saturated heterocycles. The fourth-order valence-electron chi connectivity index (χ4n) is 1.96. The molecule has 0 aliphatic rings. The van der Waals surface area contributed by atoms with Crippen molar-refractivity contribution in [3.63, 3.8) is 0 Å². The first kappa shape index (κ1) is 16.5. The fraction of sp³-hybridized carbons (Fsp3) is 0.222. The summed E-state index contributed by atoms with van der Waals surface area (Å²) in [6, 6.07) is 16.0. The number of unbranched alkanes of at least 4 members (excludes halogenated alkanes) is 1. The molecule has 120 valence electrons. The Morgan fingerprint density at radius 3 is 2.35 bits per heavy atom. The van der Waals surface area contributed by atoms with Crippen LogP contribution < -0.4 is 4.74 Å². The van der Waals surface area contributed by atoms with Gasteiger partial charge in [-0.25, -0.2) is 4.79 Å². The van der Waals surface area contributed by atoms with E-state index in [4.69, 9.17) is 14.6 Å². The minimum absolute atomic E-state index is 0.0747. The predicted octanol–water partition coefficient (Wildman–Crippen LogP) is 3.89. The Labute approximate surface area is 134 Å². The molecule has 0 aliphatic heterocycles. The van der Waals surface area contributed by atoms with Crippen molar-refractivity contribution in [2.45, 2.75) is 19.3 Å². The Hall–Kier alpha value is -2.82. The van der Waals surface area contributed by atoms with E-state index in [1.807, 2.05) is 18.2 Å². The number of carboxylic acid groups (broad SMARTS) is 1. The zero-order valence-corrected chi connectivity index (χ0v) is 12.6. The van der Waals surface area contributed by atoms with Crippen LogP contribution in [-0.4, -0.2) is 23.7 Å². The molecule has 0 saturated carbocycles. The van der Waals surface area contributed by atoms with E-state index in [0.29, 0.717) is 29.9 Å². The lowest BCUT2D eigenvalue weighted by Gasteiger charge is -2.10. The van der Waals surface area contributed by atoms with Gasteiger partial charge in [-0.3, -0.25) is 4.79 Å². The molecule has 0 spiro atoms. The lowest BCUT2D eigenvalue weighted by Crippen LogP contribution is -2.08. The van der Waals surface area contributed by atoms with Gasteiger partial charge in [0.15, 0.2) is 0 Å². The average molecular weight is 314 g/mol. The van der Waals surface area contributed by atoms with E-state index in [-0.39, 0.29) is 13.0 Å². The van der Waals surface area contributed by atoms with Gasteiger partial charge >= 0.3 is 11.9 Å². The zero-order chi connectivity index (χ0) is 16.5. The molecule has 1 N–H and O–H groups in total. The summed E-state index contributed by atoms with van der Waals surface area (Å²) < 4.78 is 10.9. The number of carboxylic acids is 1. The summed E-state index contributed by atoms with van der Waals surface area (Å²) in [7, 11) is 0. The van der Waals surface area contributed by atoms with E-state index in [0.717, 1.165) is 0 Å². The molecule has 2 aromatic rings. The second kappa shape index (κ2) is 8.58. The highest BCUT2D eigenvalue weighted by atomic mass is 16.5. The van der Waals surface area contributed by atoms with Crippen LogP contribution in [-0.2, 0) is 9.53 Å². The van der Waals surface area contributed by atoms with Crippen molar-refractivity contribution in [3.05, 3.63) is 60.2 Å². The third-order valence-corrected chi connectivity index (χ3v) is 3.10. The monoisotopic (exact) mass is 314 g/mol. The van der Waals surface area contributed by atoms with Crippen molar-refractivity contribution >= 4 is 11.9 Å². The largest absolute Gasteiger partial charge is 0.481 e. The van der Waals surface area contributed by atoms with E-state index in [1.165, 1.54) is 0 Å². The first-order valence-corrected chi connectivity index (χ1v) is 7.37. The number of esters is 1. The van der Waals surface area contributed by atoms with Crippen LogP contribution >= 0.6 is 0 Å². The molecule has 0 radical (unpaired) electrons. The summed E-state index contributed by atoms with van der Waals surface area (Å²) in [5, 5.41) is 8.55. The van der Waals surface area contributed by atoms with Crippen molar-refractivity contribution in [2.75, 3.05) is 6.61 Å². The van der Waals surface area contributed by atoms with Gasteiger partial charge in [0.25, 0.3) is 0 Å². The number of carbonyl (C=O) groups excluding carboxylic acids is 1. The summed E-state index contributed by atoms with van der Waals surface area (Å²) in [6.07, 6.45) is 1.07. The van der Waals surface area contributed by atoms with Crippen molar-refractivity contribution in [1.82, 2.24) is 0 Å². The quantitative estimate of drug-likeness (QED) is 0.591. The van der Waals surface area contributed by atoms with Crippen LogP contribution in [0.5, 0.6) is 11.5 Å². The van der Waals surface area contributed by atoms with E-state index in [1.54, 1.807) is 36.4 Å². The Kier molecular flexibility index (Phi) is 6.17. The van der Waals surface area contributed by atoms with Crippen LogP contribution in [0.25, 0.3) is 0 Å². The molecule has 0 aliphatic carbocycles. The van der Waals surface area contributed by atoms with Gasteiger partial charge < -0.3 is 14.6 Å². The normalized spacial score (nSPS) is 10.1. The lowest BCUT2D eigenvalue weighted by atomic mass is 10.2. The minimum Gasteiger partial charge on any atom is -0.481 e. The van der Waals surface area contributed by atoms with Crippen LogP contribution in [0.15, 0.2) is 54.6 Å². The summed E-state index contributed by atoms with van der Waals surface area (Å²) in [5.74, 6) is -0.270. The number of aliphatic carboxylic acids is 1. The third-order valence-electron chi connectivity index (χ3n) is 3.10. The Morgan fingerprint density at radius 2 is 1.61 bits per heavy atom. The molecular weight excluding hydrogens is 296 g/mol. The number of benzene rings is 2. The van der Waals surface area contributed by atoms with Crippen LogP contribution in [0.3, 0.4) is 0 Å². The van der Waals surface area contributed by atoms with Gasteiger partial charge in [0.2, 0.25) is 0 Å². The molecule has 0 unspecified atom stereocenters. The Bertz CT molecular complexity index is 651. The minimum atomic E-state index is -0.849. The molecule has 0 atom stereocenters. The molecule has 0 heterocycles. The van der Waals surface area contributed by atoms with Crippen molar-refractivity contribution in [3.8, 4) is 11.5 Å². The lowest BCUT2D eigenvalue weighted by molar-refractivity contribution is -0.137. The molecule has 0 bridgehead atoms. The van der Waals surface area contributed by atoms with E-state index < -0.39 is 11.9 Å². The van der Waals surface area contributed by atoms with Gasteiger partial charge in [-0.05, 0) is 37.1 Å². The highest BCUT2D eigenvalue weighted by molar-refractivity contribution is 5.92. The fourth-order valence-corrected chi connectivity index (χ4v) is 1.96. The van der Waals surface area contributed by atoms with E-state index in [2.05, 4.69) is 0 Å². The van der Waals surface area contributed by atoms with E-state index in [9.17, 15) is 9.59 Å². The standard InChI is InChI=1S/C18H18O5/c19-17(20)12-6-7-13-22-18(21)15-10-4-5-11-16(15)23-14-8-2-1-3-9-14/h1-5,8-11H,6-7,12-13H2,(H,19,20). The first-order valence-electron chi connectivity index (χ1n) is 7.37. The summed E-state index contributed by atoms with van der Waals surface area (Å²) in [4.78, 5) is 22.5. The first-order chi connectivity index (χ1) is 11.2. The predicted molar refractivity (Wildman–Crippen MR) is 84.7 cm³/mol. The number of carbonyl (C=O) groups is 2.